The summed E-state index contributed by atoms with van der Waals surface area (Å²) in [6.45, 7) is 43.1. The van der Waals surface area contributed by atoms with Crippen LogP contribution in [0.15, 0.2) is 0 Å². The molecule has 0 unspecified atom stereocenters. The van der Waals surface area contributed by atoms with Gasteiger partial charge in [0.25, 0.3) is 0 Å². The molecule has 0 aliphatic carbocycles. The summed E-state index contributed by atoms with van der Waals surface area (Å²) in [6, 6.07) is 0. The van der Waals surface area contributed by atoms with Gasteiger partial charge in [0.15, 0.2) is 0 Å². The summed E-state index contributed by atoms with van der Waals surface area (Å²) in [5, 5.41) is -0.853. The number of hydrogen-bond donors (Lipinski definition) is 0. The standard InChI is InChI=1S/C26H58O4Si3/c1-21(2,3)20-27-32(23(7,8)9,24(10,11)12)29-31(19,22(4,5)6)30-33(28-20,25(13,14)15)26(16,17)18/h20H,1-19H3. The molecule has 33 heavy (non-hydrogen) atoms. The van der Waals surface area contributed by atoms with Gasteiger partial charge in [0, 0.05) is 30.6 Å². The van der Waals surface area contributed by atoms with E-state index < -0.39 is 32.0 Å². The predicted octanol–water partition coefficient (Wildman–Crippen LogP) is 9.40. The van der Waals surface area contributed by atoms with Crippen molar-refractivity contribution >= 4 is 25.7 Å². The highest BCUT2D eigenvalue weighted by Gasteiger charge is 2.71. The van der Waals surface area contributed by atoms with Gasteiger partial charge in [-0.1, -0.05) is 125 Å². The monoisotopic (exact) mass is 518 g/mol. The highest BCUT2D eigenvalue weighted by atomic mass is 28.5. The minimum absolute atomic E-state index is 0.155. The molecule has 1 heterocycles. The maximum absolute atomic E-state index is 7.62. The molecule has 198 valence electrons. The summed E-state index contributed by atoms with van der Waals surface area (Å²) in [6.07, 6.45) is -0.411. The fourth-order valence-electron chi connectivity index (χ4n) is 5.17. The molecule has 0 radical (unpaired) electrons. The van der Waals surface area contributed by atoms with E-state index in [4.69, 9.17) is 17.1 Å². The van der Waals surface area contributed by atoms with Crippen molar-refractivity contribution in [1.82, 2.24) is 0 Å². The van der Waals surface area contributed by atoms with Crippen LogP contribution in [0, 0.1) is 5.41 Å². The molecule has 1 aliphatic heterocycles. The fraction of sp³-hybridized carbons (Fsp3) is 1.00. The lowest BCUT2D eigenvalue weighted by atomic mass is 9.96. The average Bonchev–Trinajstić information content (AvgIpc) is 2.42. The van der Waals surface area contributed by atoms with Crippen LogP contribution in [0.2, 0.25) is 31.7 Å². The van der Waals surface area contributed by atoms with Gasteiger partial charge >= 0.3 is 25.7 Å². The first kappa shape index (κ1) is 31.5. The van der Waals surface area contributed by atoms with E-state index in [-0.39, 0.29) is 30.6 Å². The van der Waals surface area contributed by atoms with Gasteiger partial charge in [-0.05, 0) is 6.55 Å². The molecule has 1 fully saturated rings. The van der Waals surface area contributed by atoms with Crippen molar-refractivity contribution < 1.29 is 17.1 Å². The molecule has 0 aromatic rings. The van der Waals surface area contributed by atoms with E-state index in [1.165, 1.54) is 0 Å². The van der Waals surface area contributed by atoms with E-state index in [1.54, 1.807) is 0 Å². The van der Waals surface area contributed by atoms with E-state index >= 15 is 0 Å². The third-order valence-corrected chi connectivity index (χ3v) is 24.4. The quantitative estimate of drug-likeness (QED) is 0.299. The third-order valence-electron chi connectivity index (χ3n) is 7.24. The van der Waals surface area contributed by atoms with Gasteiger partial charge in [0.2, 0.25) is 0 Å². The SMILES string of the molecule is CC(C)(C)C1O[Si](C(C)(C)C)(C(C)(C)C)O[Si](C)(C(C)(C)C)O[Si](C(C)(C)C)(C(C)(C)C)O1. The van der Waals surface area contributed by atoms with Gasteiger partial charge in [-0.25, -0.2) is 0 Å². The Kier molecular flexibility index (Phi) is 8.14. The van der Waals surface area contributed by atoms with Crippen LogP contribution in [0.25, 0.3) is 0 Å². The minimum atomic E-state index is -2.93. The van der Waals surface area contributed by atoms with Gasteiger partial charge in [0.1, 0.15) is 6.29 Å². The van der Waals surface area contributed by atoms with Gasteiger partial charge in [0.05, 0.1) is 0 Å². The molecule has 0 aromatic carbocycles. The van der Waals surface area contributed by atoms with E-state index in [0.29, 0.717) is 0 Å². The zero-order chi connectivity index (χ0) is 26.9. The molecular weight excluding hydrogens is 461 g/mol. The molecule has 7 heteroatoms. The molecule has 0 amide bonds. The van der Waals surface area contributed by atoms with Crippen molar-refractivity contribution in [2.45, 2.75) is 163 Å². The van der Waals surface area contributed by atoms with Crippen LogP contribution in [0.4, 0.5) is 0 Å². The Morgan fingerprint density at radius 3 is 0.818 bits per heavy atom. The Labute approximate surface area is 210 Å². The summed E-state index contributed by atoms with van der Waals surface area (Å²) < 4.78 is 30.0. The van der Waals surface area contributed by atoms with E-state index in [1.807, 2.05) is 0 Å². The Bertz CT molecular complexity index is 620. The Hall–Kier alpha value is 0.491. The van der Waals surface area contributed by atoms with Gasteiger partial charge in [-0.15, -0.1) is 0 Å². The smallest absolute Gasteiger partial charge is 0.342 e. The summed E-state index contributed by atoms with van der Waals surface area (Å²) in [5.74, 6) is 0. The molecule has 0 N–H and O–H groups in total. The molecule has 1 saturated heterocycles. The molecule has 0 aromatic heterocycles. The van der Waals surface area contributed by atoms with Crippen LogP contribution in [0.3, 0.4) is 0 Å². The molecule has 0 bridgehead atoms. The van der Waals surface area contributed by atoms with Crippen LogP contribution in [0.5, 0.6) is 0 Å². The molecule has 4 nitrogen and oxygen atoms in total. The Morgan fingerprint density at radius 2 is 0.667 bits per heavy atom. The second-order valence-corrected chi connectivity index (χ2v) is 30.5. The van der Waals surface area contributed by atoms with Gasteiger partial charge < -0.3 is 17.1 Å². The van der Waals surface area contributed by atoms with E-state index in [2.05, 4.69) is 131 Å². The van der Waals surface area contributed by atoms with E-state index in [0.717, 1.165) is 0 Å². The highest BCUT2D eigenvalue weighted by Crippen LogP contribution is 2.62. The zero-order valence-corrected chi connectivity index (χ0v) is 28.7. The van der Waals surface area contributed by atoms with E-state index in [9.17, 15) is 0 Å². The first-order valence-corrected chi connectivity index (χ1v) is 18.7. The average molecular weight is 519 g/mol. The maximum Gasteiger partial charge on any atom is 0.342 e. The number of hydrogen-bond acceptors (Lipinski definition) is 4. The number of rotatable bonds is 0. The molecule has 0 spiro atoms. The Balaban J connectivity index is 4.16. The first-order valence-electron chi connectivity index (χ1n) is 12.7. The van der Waals surface area contributed by atoms with Crippen LogP contribution in [-0.4, -0.2) is 32.0 Å². The molecule has 1 aliphatic rings. The van der Waals surface area contributed by atoms with Crippen molar-refractivity contribution in [3.8, 4) is 0 Å². The predicted molar refractivity (Wildman–Crippen MR) is 149 cm³/mol. The molecular formula is C26H58O4Si3. The summed E-state index contributed by atoms with van der Waals surface area (Å²) in [4.78, 5) is 0. The Morgan fingerprint density at radius 1 is 0.424 bits per heavy atom. The molecule has 1 rings (SSSR count). The van der Waals surface area contributed by atoms with Crippen LogP contribution in [-0.2, 0) is 17.1 Å². The van der Waals surface area contributed by atoms with Crippen LogP contribution in [0.1, 0.15) is 125 Å². The fourth-order valence-corrected chi connectivity index (χ4v) is 25.3. The maximum atomic E-state index is 7.62. The highest BCUT2D eigenvalue weighted by molar-refractivity contribution is 6.91. The van der Waals surface area contributed by atoms with Crippen molar-refractivity contribution in [2.75, 3.05) is 0 Å². The lowest BCUT2D eigenvalue weighted by molar-refractivity contribution is -0.129. The van der Waals surface area contributed by atoms with Gasteiger partial charge in [-0.2, -0.15) is 0 Å². The minimum Gasteiger partial charge on any atom is -0.414 e. The second kappa shape index (κ2) is 8.52. The largest absolute Gasteiger partial charge is 0.414 e. The van der Waals surface area contributed by atoms with Crippen molar-refractivity contribution in [1.29, 1.82) is 0 Å². The first-order chi connectivity index (χ1) is 14.0. The normalized spacial score (nSPS) is 28.3. The van der Waals surface area contributed by atoms with Crippen molar-refractivity contribution in [2.24, 2.45) is 5.41 Å². The summed E-state index contributed by atoms with van der Waals surface area (Å²) in [7, 11) is -8.71. The van der Waals surface area contributed by atoms with Crippen LogP contribution < -0.4 is 0 Å². The topological polar surface area (TPSA) is 36.9 Å². The summed E-state index contributed by atoms with van der Waals surface area (Å²) >= 11 is 0. The van der Waals surface area contributed by atoms with Crippen molar-refractivity contribution in [3.05, 3.63) is 0 Å². The van der Waals surface area contributed by atoms with Crippen LogP contribution >= 0.6 is 0 Å². The lowest BCUT2D eigenvalue weighted by Gasteiger charge is -2.63. The van der Waals surface area contributed by atoms with Crippen molar-refractivity contribution in [3.63, 3.8) is 0 Å². The molecule has 0 atom stereocenters. The van der Waals surface area contributed by atoms with Gasteiger partial charge in [-0.3, -0.25) is 0 Å². The third kappa shape index (κ3) is 5.59. The second-order valence-electron chi connectivity index (χ2n) is 16.6. The lowest BCUT2D eigenvalue weighted by Crippen LogP contribution is -2.75. The summed E-state index contributed by atoms with van der Waals surface area (Å²) in [5.41, 5.74) is -0.229. The zero-order valence-electron chi connectivity index (χ0n) is 25.7. The molecule has 0 saturated carbocycles.